The van der Waals surface area contributed by atoms with E-state index in [1.807, 2.05) is 31.2 Å². The molecule has 0 spiro atoms. The molecule has 154 valence electrons. The number of rotatable bonds is 6. The molecule has 1 aliphatic heterocycles. The van der Waals surface area contributed by atoms with Crippen molar-refractivity contribution in [3.8, 4) is 5.75 Å². The van der Waals surface area contributed by atoms with E-state index in [0.29, 0.717) is 12.4 Å². The van der Waals surface area contributed by atoms with Gasteiger partial charge >= 0.3 is 0 Å². The van der Waals surface area contributed by atoms with Gasteiger partial charge in [-0.25, -0.2) is 12.8 Å². The first-order valence-corrected chi connectivity index (χ1v) is 10.8. The van der Waals surface area contributed by atoms with Gasteiger partial charge in [0.05, 0.1) is 11.5 Å². The lowest BCUT2D eigenvalue weighted by Gasteiger charge is -2.33. The highest BCUT2D eigenvalue weighted by molar-refractivity contribution is 7.89. The molecule has 6 nitrogen and oxygen atoms in total. The highest BCUT2D eigenvalue weighted by Crippen LogP contribution is 2.20. The summed E-state index contributed by atoms with van der Waals surface area (Å²) in [7, 11) is -3.70. The van der Waals surface area contributed by atoms with Crippen LogP contribution < -0.4 is 4.74 Å². The Labute approximate surface area is 170 Å². The fraction of sp³-hybridized carbons (Fsp3) is 0.286. The normalized spacial score (nSPS) is 15.6. The van der Waals surface area contributed by atoms with Gasteiger partial charge in [0.15, 0.2) is 0 Å². The number of amides is 1. The van der Waals surface area contributed by atoms with Crippen molar-refractivity contribution in [1.29, 1.82) is 0 Å². The second kappa shape index (κ2) is 9.19. The second-order valence-corrected chi connectivity index (χ2v) is 8.43. The molecule has 1 saturated heterocycles. The lowest BCUT2D eigenvalue weighted by atomic mass is 10.2. The summed E-state index contributed by atoms with van der Waals surface area (Å²) in [4.78, 5) is 14.1. The number of ether oxygens (including phenoxy) is 1. The van der Waals surface area contributed by atoms with Gasteiger partial charge in [-0.3, -0.25) is 4.79 Å². The van der Waals surface area contributed by atoms with Crippen LogP contribution in [0.25, 0.3) is 6.08 Å². The SMILES string of the molecule is CCOc1ccccc1/C=C/C(=O)N1CCN(S(=O)(=O)c2ccc(F)cc2)CC1. The van der Waals surface area contributed by atoms with E-state index in [2.05, 4.69) is 0 Å². The molecule has 3 rings (SSSR count). The van der Waals surface area contributed by atoms with Gasteiger partial charge in [0.2, 0.25) is 15.9 Å². The van der Waals surface area contributed by atoms with Gasteiger partial charge in [0.25, 0.3) is 0 Å². The van der Waals surface area contributed by atoms with Gasteiger partial charge in [-0.15, -0.1) is 0 Å². The number of hydrogen-bond acceptors (Lipinski definition) is 4. The molecule has 1 heterocycles. The summed E-state index contributed by atoms with van der Waals surface area (Å²) < 4.78 is 45.2. The number of hydrogen-bond donors (Lipinski definition) is 0. The van der Waals surface area contributed by atoms with Crippen molar-refractivity contribution in [3.63, 3.8) is 0 Å². The van der Waals surface area contributed by atoms with Crippen molar-refractivity contribution >= 4 is 22.0 Å². The average molecular weight is 418 g/mol. The van der Waals surface area contributed by atoms with Crippen molar-refractivity contribution in [1.82, 2.24) is 9.21 Å². The number of carbonyl (C=O) groups excluding carboxylic acids is 1. The number of nitrogens with zero attached hydrogens (tertiary/aromatic N) is 2. The number of para-hydroxylation sites is 1. The summed E-state index contributed by atoms with van der Waals surface area (Å²) >= 11 is 0. The standard InChI is InChI=1S/C21H23FN2O4S/c1-2-28-20-6-4-3-5-17(20)7-12-21(25)23-13-15-24(16-14-23)29(26,27)19-10-8-18(22)9-11-19/h3-12H,2,13-16H2,1H3/b12-7+. The Balaban J connectivity index is 1.62. The van der Waals surface area contributed by atoms with Gasteiger partial charge in [0.1, 0.15) is 11.6 Å². The van der Waals surface area contributed by atoms with Gasteiger partial charge < -0.3 is 9.64 Å². The van der Waals surface area contributed by atoms with E-state index in [9.17, 15) is 17.6 Å². The molecule has 0 saturated carbocycles. The van der Waals surface area contributed by atoms with Crippen LogP contribution in [0, 0.1) is 5.82 Å². The molecular formula is C21H23FN2O4S. The van der Waals surface area contributed by atoms with E-state index in [4.69, 9.17) is 4.74 Å². The molecule has 2 aromatic carbocycles. The van der Waals surface area contributed by atoms with E-state index >= 15 is 0 Å². The van der Waals surface area contributed by atoms with Crippen molar-refractivity contribution in [2.75, 3.05) is 32.8 Å². The predicted molar refractivity (Wildman–Crippen MR) is 108 cm³/mol. The van der Waals surface area contributed by atoms with Crippen LogP contribution in [0.3, 0.4) is 0 Å². The molecule has 0 bridgehead atoms. The molecular weight excluding hydrogens is 395 g/mol. The van der Waals surface area contributed by atoms with Gasteiger partial charge in [-0.05, 0) is 43.3 Å². The highest BCUT2D eigenvalue weighted by atomic mass is 32.2. The van der Waals surface area contributed by atoms with Gasteiger partial charge in [-0.2, -0.15) is 4.31 Å². The quantitative estimate of drug-likeness (QED) is 0.677. The Morgan fingerprint density at radius 2 is 1.72 bits per heavy atom. The minimum absolute atomic E-state index is 0.0473. The fourth-order valence-electron chi connectivity index (χ4n) is 3.08. The first-order valence-electron chi connectivity index (χ1n) is 9.36. The second-order valence-electron chi connectivity index (χ2n) is 6.49. The number of sulfonamides is 1. The van der Waals surface area contributed by atoms with Crippen molar-refractivity contribution < 1.29 is 22.3 Å². The topological polar surface area (TPSA) is 66.9 Å². The number of halogens is 1. The zero-order valence-electron chi connectivity index (χ0n) is 16.1. The largest absolute Gasteiger partial charge is 0.493 e. The van der Waals surface area contributed by atoms with Crippen molar-refractivity contribution in [2.24, 2.45) is 0 Å². The molecule has 29 heavy (non-hydrogen) atoms. The Bertz CT molecular complexity index is 982. The van der Waals surface area contributed by atoms with Crippen LogP contribution in [0.1, 0.15) is 12.5 Å². The molecule has 1 amide bonds. The maximum atomic E-state index is 13.1. The van der Waals surface area contributed by atoms with E-state index in [1.54, 1.807) is 11.0 Å². The summed E-state index contributed by atoms with van der Waals surface area (Å²) in [6, 6.07) is 12.2. The Hall–Kier alpha value is -2.71. The predicted octanol–water partition coefficient (Wildman–Crippen LogP) is 2.77. The van der Waals surface area contributed by atoms with Crippen LogP contribution >= 0.6 is 0 Å². The zero-order chi connectivity index (χ0) is 20.9. The lowest BCUT2D eigenvalue weighted by Crippen LogP contribution is -2.50. The Kier molecular flexibility index (Phi) is 6.66. The molecule has 1 fully saturated rings. The van der Waals surface area contributed by atoms with Crippen molar-refractivity contribution in [3.05, 3.63) is 66.0 Å². The van der Waals surface area contributed by atoms with E-state index in [1.165, 1.54) is 22.5 Å². The summed E-state index contributed by atoms with van der Waals surface area (Å²) in [5.41, 5.74) is 0.806. The molecule has 0 radical (unpaired) electrons. The molecule has 0 atom stereocenters. The summed E-state index contributed by atoms with van der Waals surface area (Å²) in [5.74, 6) is 0.0291. The molecule has 0 aromatic heterocycles. The maximum Gasteiger partial charge on any atom is 0.246 e. The Morgan fingerprint density at radius 3 is 2.38 bits per heavy atom. The minimum Gasteiger partial charge on any atom is -0.493 e. The summed E-state index contributed by atoms with van der Waals surface area (Å²) in [5, 5.41) is 0. The first-order chi connectivity index (χ1) is 13.9. The molecule has 1 aliphatic rings. The lowest BCUT2D eigenvalue weighted by molar-refractivity contribution is -0.127. The molecule has 0 unspecified atom stereocenters. The van der Waals surface area contributed by atoms with E-state index in [-0.39, 0.29) is 37.0 Å². The third-order valence-corrected chi connectivity index (χ3v) is 6.54. The average Bonchev–Trinajstić information content (AvgIpc) is 2.73. The highest BCUT2D eigenvalue weighted by Gasteiger charge is 2.29. The summed E-state index contributed by atoms with van der Waals surface area (Å²) in [6.45, 7) is 3.38. The van der Waals surface area contributed by atoms with Gasteiger partial charge in [-0.1, -0.05) is 18.2 Å². The number of piperazine rings is 1. The minimum atomic E-state index is -3.70. The molecule has 0 N–H and O–H groups in total. The van der Waals surface area contributed by atoms with Crippen LogP contribution in [0.4, 0.5) is 4.39 Å². The first kappa shape index (κ1) is 21.0. The van der Waals surface area contributed by atoms with Crippen LogP contribution in [-0.4, -0.2) is 56.3 Å². The smallest absolute Gasteiger partial charge is 0.246 e. The van der Waals surface area contributed by atoms with Crippen LogP contribution in [0.2, 0.25) is 0 Å². The Morgan fingerprint density at radius 1 is 1.07 bits per heavy atom. The monoisotopic (exact) mass is 418 g/mol. The van der Waals surface area contributed by atoms with Crippen LogP contribution in [0.15, 0.2) is 59.5 Å². The van der Waals surface area contributed by atoms with Crippen molar-refractivity contribution in [2.45, 2.75) is 11.8 Å². The zero-order valence-corrected chi connectivity index (χ0v) is 16.9. The van der Waals surface area contributed by atoms with E-state index in [0.717, 1.165) is 17.7 Å². The number of carbonyl (C=O) groups is 1. The molecule has 8 heteroatoms. The third kappa shape index (κ3) is 5.02. The summed E-state index contributed by atoms with van der Waals surface area (Å²) in [6.07, 6.45) is 3.18. The number of benzene rings is 2. The van der Waals surface area contributed by atoms with Crippen LogP contribution in [0.5, 0.6) is 5.75 Å². The third-order valence-electron chi connectivity index (χ3n) is 4.63. The molecule has 0 aliphatic carbocycles. The maximum absolute atomic E-state index is 13.1. The fourth-order valence-corrected chi connectivity index (χ4v) is 4.50. The van der Waals surface area contributed by atoms with Crippen LogP contribution in [-0.2, 0) is 14.8 Å². The molecule has 2 aromatic rings. The van der Waals surface area contributed by atoms with Gasteiger partial charge in [0, 0.05) is 37.8 Å². The van der Waals surface area contributed by atoms with E-state index < -0.39 is 15.8 Å².